The second-order valence-electron chi connectivity index (χ2n) is 5.60. The van der Waals surface area contributed by atoms with Crippen LogP contribution in [0.4, 0.5) is 0 Å². The van der Waals surface area contributed by atoms with E-state index in [4.69, 9.17) is 0 Å². The largest absolute Gasteiger partial charge is 0.303 e. The van der Waals surface area contributed by atoms with Gasteiger partial charge in [0.2, 0.25) is 0 Å². The monoisotopic (exact) mass is 245 g/mol. The molecule has 18 heavy (non-hydrogen) atoms. The molecule has 0 aromatic heterocycles. The van der Waals surface area contributed by atoms with E-state index in [1.807, 2.05) is 0 Å². The lowest BCUT2D eigenvalue weighted by molar-refractivity contribution is -0.120. The Kier molecular flexibility index (Phi) is 4.18. The minimum atomic E-state index is 0.401. The zero-order valence-electron chi connectivity index (χ0n) is 11.6. The minimum absolute atomic E-state index is 0.401. The maximum atomic E-state index is 11.7. The van der Waals surface area contributed by atoms with Gasteiger partial charge in [-0.15, -0.1) is 0 Å². The van der Waals surface area contributed by atoms with Crippen LogP contribution in [0.3, 0.4) is 0 Å². The first kappa shape index (κ1) is 13.3. The molecule has 0 spiro atoms. The lowest BCUT2D eigenvalue weighted by atomic mass is 9.80. The number of ketones is 1. The van der Waals surface area contributed by atoms with Crippen molar-refractivity contribution in [3.05, 3.63) is 35.4 Å². The number of rotatable bonds is 3. The second-order valence-corrected chi connectivity index (χ2v) is 5.60. The van der Waals surface area contributed by atoms with Crippen molar-refractivity contribution >= 4 is 5.78 Å². The van der Waals surface area contributed by atoms with Crippen molar-refractivity contribution in [2.75, 3.05) is 14.1 Å². The van der Waals surface area contributed by atoms with Gasteiger partial charge in [0.15, 0.2) is 0 Å². The van der Waals surface area contributed by atoms with Crippen molar-refractivity contribution in [3.63, 3.8) is 0 Å². The molecule has 98 valence electrons. The molecule has 1 aliphatic rings. The Hall–Kier alpha value is -1.15. The van der Waals surface area contributed by atoms with E-state index in [1.165, 1.54) is 11.1 Å². The smallest absolute Gasteiger partial charge is 0.133 e. The van der Waals surface area contributed by atoms with Gasteiger partial charge in [-0.2, -0.15) is 0 Å². The van der Waals surface area contributed by atoms with Crippen LogP contribution in [-0.4, -0.2) is 24.8 Å². The van der Waals surface area contributed by atoms with Gasteiger partial charge in [0.1, 0.15) is 5.78 Å². The van der Waals surface area contributed by atoms with E-state index in [0.717, 1.165) is 25.7 Å². The van der Waals surface area contributed by atoms with Gasteiger partial charge < -0.3 is 4.90 Å². The molecule has 2 rings (SSSR count). The molecule has 1 aromatic rings. The molecule has 0 radical (unpaired) electrons. The predicted molar refractivity (Wildman–Crippen MR) is 74.8 cm³/mol. The molecule has 0 bridgehead atoms. The summed E-state index contributed by atoms with van der Waals surface area (Å²) in [5.74, 6) is 0.864. The zero-order valence-corrected chi connectivity index (χ0v) is 11.6. The number of hydrogen-bond donors (Lipinski definition) is 0. The van der Waals surface area contributed by atoms with E-state index in [0.29, 0.717) is 17.7 Å². The van der Waals surface area contributed by atoms with Crippen LogP contribution in [-0.2, 0) is 4.79 Å². The fourth-order valence-electron chi connectivity index (χ4n) is 2.83. The molecule has 2 heteroatoms. The van der Waals surface area contributed by atoms with Gasteiger partial charge in [-0.05, 0) is 50.9 Å². The molecule has 1 saturated carbocycles. The highest BCUT2D eigenvalue weighted by Crippen LogP contribution is 2.35. The van der Waals surface area contributed by atoms with Crippen molar-refractivity contribution in [1.82, 2.24) is 4.90 Å². The Morgan fingerprint density at radius 3 is 2.67 bits per heavy atom. The van der Waals surface area contributed by atoms with Crippen LogP contribution in [0.5, 0.6) is 0 Å². The number of hydrogen-bond acceptors (Lipinski definition) is 2. The normalized spacial score (nSPS) is 22.2. The quantitative estimate of drug-likeness (QED) is 0.812. The highest BCUT2D eigenvalue weighted by Gasteiger charge is 2.24. The van der Waals surface area contributed by atoms with Crippen LogP contribution in [0.1, 0.15) is 55.7 Å². The van der Waals surface area contributed by atoms with E-state index >= 15 is 0 Å². The van der Waals surface area contributed by atoms with Crippen LogP contribution in [0.2, 0.25) is 0 Å². The van der Waals surface area contributed by atoms with Gasteiger partial charge in [0.25, 0.3) is 0 Å². The molecule has 1 aliphatic carbocycles. The molecular formula is C16H23NO. The summed E-state index contributed by atoms with van der Waals surface area (Å²) in [6.07, 6.45) is 3.72. The lowest BCUT2D eigenvalue weighted by Crippen LogP contribution is -2.21. The van der Waals surface area contributed by atoms with Crippen LogP contribution < -0.4 is 0 Å². The third-order valence-electron chi connectivity index (χ3n) is 4.14. The highest BCUT2D eigenvalue weighted by molar-refractivity contribution is 5.80. The number of Topliss-reactive ketones (excluding diaryl/α,β-unsaturated/α-hetero) is 1. The molecule has 0 saturated heterocycles. The molecule has 1 aromatic carbocycles. The summed E-state index contributed by atoms with van der Waals surface area (Å²) in [6.45, 7) is 2.23. The average molecular weight is 245 g/mol. The van der Waals surface area contributed by atoms with Crippen molar-refractivity contribution in [2.45, 2.75) is 44.6 Å². The number of nitrogens with zero attached hydrogens (tertiary/aromatic N) is 1. The maximum absolute atomic E-state index is 11.7. The van der Waals surface area contributed by atoms with Crippen molar-refractivity contribution in [1.29, 1.82) is 0 Å². The zero-order chi connectivity index (χ0) is 13.1. The Morgan fingerprint density at radius 2 is 2.00 bits per heavy atom. The van der Waals surface area contributed by atoms with E-state index in [-0.39, 0.29) is 0 Å². The molecule has 2 atom stereocenters. The Morgan fingerprint density at radius 1 is 1.28 bits per heavy atom. The summed E-state index contributed by atoms with van der Waals surface area (Å²) >= 11 is 0. The SMILES string of the molecule is CC(c1ccccc1C1CCCC(=O)C1)N(C)C. The molecule has 2 unspecified atom stereocenters. The van der Waals surface area contributed by atoms with Crippen LogP contribution >= 0.6 is 0 Å². The fourth-order valence-corrected chi connectivity index (χ4v) is 2.83. The van der Waals surface area contributed by atoms with Crippen molar-refractivity contribution < 1.29 is 4.79 Å². The van der Waals surface area contributed by atoms with E-state index in [2.05, 4.69) is 50.2 Å². The lowest BCUT2D eigenvalue weighted by Gasteiger charge is -2.28. The van der Waals surface area contributed by atoms with Gasteiger partial charge >= 0.3 is 0 Å². The van der Waals surface area contributed by atoms with Gasteiger partial charge in [0.05, 0.1) is 0 Å². The minimum Gasteiger partial charge on any atom is -0.303 e. The fraction of sp³-hybridized carbons (Fsp3) is 0.562. The Bertz CT molecular complexity index is 425. The van der Waals surface area contributed by atoms with E-state index < -0.39 is 0 Å². The highest BCUT2D eigenvalue weighted by atomic mass is 16.1. The summed E-state index contributed by atoms with van der Waals surface area (Å²) in [5.41, 5.74) is 2.76. The molecular weight excluding hydrogens is 222 g/mol. The summed E-state index contributed by atoms with van der Waals surface area (Å²) < 4.78 is 0. The van der Waals surface area contributed by atoms with Crippen molar-refractivity contribution in [2.24, 2.45) is 0 Å². The molecule has 0 N–H and O–H groups in total. The summed E-state index contributed by atoms with van der Waals surface area (Å²) in [5, 5.41) is 0. The molecule has 0 aliphatic heterocycles. The van der Waals surface area contributed by atoms with E-state index in [1.54, 1.807) is 0 Å². The second kappa shape index (κ2) is 5.66. The topological polar surface area (TPSA) is 20.3 Å². The first-order chi connectivity index (χ1) is 8.59. The number of benzene rings is 1. The number of carbonyl (C=O) groups is 1. The first-order valence-corrected chi connectivity index (χ1v) is 6.86. The Balaban J connectivity index is 2.29. The summed E-state index contributed by atoms with van der Waals surface area (Å²) in [6, 6.07) is 9.01. The average Bonchev–Trinajstić information content (AvgIpc) is 2.38. The number of carbonyl (C=O) groups excluding carboxylic acids is 1. The van der Waals surface area contributed by atoms with Gasteiger partial charge in [-0.25, -0.2) is 0 Å². The predicted octanol–water partition coefficient (Wildman–Crippen LogP) is 3.54. The van der Waals surface area contributed by atoms with Crippen LogP contribution in [0, 0.1) is 0 Å². The molecule has 0 amide bonds. The molecule has 1 fully saturated rings. The van der Waals surface area contributed by atoms with Crippen LogP contribution in [0.15, 0.2) is 24.3 Å². The van der Waals surface area contributed by atoms with Gasteiger partial charge in [-0.1, -0.05) is 24.3 Å². The van der Waals surface area contributed by atoms with Gasteiger partial charge in [0, 0.05) is 18.9 Å². The van der Waals surface area contributed by atoms with Crippen molar-refractivity contribution in [3.8, 4) is 0 Å². The summed E-state index contributed by atoms with van der Waals surface area (Å²) in [4.78, 5) is 13.9. The molecule has 2 nitrogen and oxygen atoms in total. The standard InChI is InChI=1S/C16H23NO/c1-12(17(2)3)15-9-4-5-10-16(15)13-7-6-8-14(18)11-13/h4-5,9-10,12-13H,6-8,11H2,1-3H3. The maximum Gasteiger partial charge on any atom is 0.133 e. The third kappa shape index (κ3) is 2.81. The summed E-state index contributed by atoms with van der Waals surface area (Å²) in [7, 11) is 4.21. The Labute approximate surface area is 110 Å². The van der Waals surface area contributed by atoms with E-state index in [9.17, 15) is 4.79 Å². The van der Waals surface area contributed by atoms with Crippen LogP contribution in [0.25, 0.3) is 0 Å². The molecule has 0 heterocycles. The third-order valence-corrected chi connectivity index (χ3v) is 4.14. The first-order valence-electron chi connectivity index (χ1n) is 6.86. The van der Waals surface area contributed by atoms with Gasteiger partial charge in [-0.3, -0.25) is 4.79 Å².